The van der Waals surface area contributed by atoms with Crippen molar-refractivity contribution in [3.05, 3.63) is 59.9 Å². The van der Waals surface area contributed by atoms with Crippen LogP contribution in [0.15, 0.2) is 53.4 Å². The molecule has 0 radical (unpaired) electrons. The Hall–Kier alpha value is -2.45. The first-order valence-electron chi connectivity index (χ1n) is 10.5. The normalized spacial score (nSPS) is 23.5. The molecule has 2 heterocycles. The zero-order chi connectivity index (χ0) is 22.2. The zero-order valence-electron chi connectivity index (χ0n) is 17.7. The van der Waals surface area contributed by atoms with E-state index in [0.717, 1.165) is 23.4 Å². The average molecular weight is 447 g/mol. The molecule has 0 spiro atoms. The molecule has 166 valence electrons. The number of nitrogens with one attached hydrogen (secondary N) is 1. The number of nitrogens with zero attached hydrogens (tertiary/aromatic N) is 1. The molecule has 0 unspecified atom stereocenters. The summed E-state index contributed by atoms with van der Waals surface area (Å²) < 4.78 is 46.5. The minimum absolute atomic E-state index is 0.0371. The average Bonchev–Trinajstić information content (AvgIpc) is 2.73. The first kappa shape index (κ1) is 21.8. The zero-order valence-corrected chi connectivity index (χ0v) is 18.5. The Bertz CT molecular complexity index is 1070. The second-order valence-corrected chi connectivity index (χ2v) is 10.8. The van der Waals surface area contributed by atoms with Gasteiger partial charge < -0.3 is 10.1 Å². The smallest absolute Gasteiger partial charge is 0.243 e. The molecule has 4 rings (SSSR count). The maximum absolute atomic E-state index is 13.2. The summed E-state index contributed by atoms with van der Waals surface area (Å²) in [6.45, 7) is 4.43. The Balaban J connectivity index is 1.49. The molecule has 2 aromatic rings. The molecule has 6 nitrogen and oxygen atoms in total. The lowest BCUT2D eigenvalue weighted by atomic mass is 9.89. The molecule has 0 bridgehead atoms. The van der Waals surface area contributed by atoms with E-state index in [1.807, 2.05) is 38.1 Å². The van der Waals surface area contributed by atoms with Gasteiger partial charge in [0.15, 0.2) is 0 Å². The Morgan fingerprint density at radius 1 is 1.16 bits per heavy atom. The van der Waals surface area contributed by atoms with Crippen LogP contribution in [0.2, 0.25) is 0 Å². The third kappa shape index (κ3) is 4.60. The van der Waals surface area contributed by atoms with Gasteiger partial charge in [0.25, 0.3) is 0 Å². The lowest BCUT2D eigenvalue weighted by Gasteiger charge is -2.39. The van der Waals surface area contributed by atoms with Crippen LogP contribution in [0.1, 0.15) is 44.7 Å². The molecule has 0 saturated carbocycles. The van der Waals surface area contributed by atoms with Crippen LogP contribution >= 0.6 is 0 Å². The quantitative estimate of drug-likeness (QED) is 0.778. The molecule has 1 saturated heterocycles. The summed E-state index contributed by atoms with van der Waals surface area (Å²) >= 11 is 0. The molecule has 31 heavy (non-hydrogen) atoms. The summed E-state index contributed by atoms with van der Waals surface area (Å²) in [5, 5.41) is 3.13. The summed E-state index contributed by atoms with van der Waals surface area (Å²) in [5.41, 5.74) is 0.512. The van der Waals surface area contributed by atoms with Crippen LogP contribution in [-0.4, -0.2) is 37.3 Å². The van der Waals surface area contributed by atoms with Gasteiger partial charge in [-0.1, -0.05) is 18.2 Å². The number of rotatable bonds is 4. The summed E-state index contributed by atoms with van der Waals surface area (Å²) in [6.07, 6.45) is 1.84. The number of carbonyl (C=O) groups excluding carboxylic acids is 1. The highest BCUT2D eigenvalue weighted by Crippen LogP contribution is 2.39. The predicted octanol–water partition coefficient (Wildman–Crippen LogP) is 3.65. The van der Waals surface area contributed by atoms with E-state index in [-0.39, 0.29) is 23.4 Å². The molecule has 2 aromatic carbocycles. The number of fused-ring (bicyclic) bond motifs is 1. The maximum atomic E-state index is 13.2. The van der Waals surface area contributed by atoms with E-state index in [1.165, 1.54) is 16.4 Å². The van der Waals surface area contributed by atoms with E-state index in [1.54, 1.807) is 0 Å². The summed E-state index contributed by atoms with van der Waals surface area (Å²) in [7, 11) is -3.78. The van der Waals surface area contributed by atoms with Crippen molar-refractivity contribution in [2.24, 2.45) is 5.92 Å². The van der Waals surface area contributed by atoms with Gasteiger partial charge in [0.05, 0.1) is 16.9 Å². The summed E-state index contributed by atoms with van der Waals surface area (Å²) in [4.78, 5) is 13.2. The molecular weight excluding hydrogens is 419 g/mol. The molecule has 1 fully saturated rings. The van der Waals surface area contributed by atoms with Crippen molar-refractivity contribution in [2.75, 3.05) is 13.1 Å². The molecule has 2 aliphatic heterocycles. The topological polar surface area (TPSA) is 75.7 Å². The third-order valence-electron chi connectivity index (χ3n) is 5.90. The highest BCUT2D eigenvalue weighted by molar-refractivity contribution is 7.89. The second kappa shape index (κ2) is 8.24. The van der Waals surface area contributed by atoms with Gasteiger partial charge in [-0.05, 0) is 57.0 Å². The predicted molar refractivity (Wildman–Crippen MR) is 115 cm³/mol. The Kier molecular flexibility index (Phi) is 5.79. The van der Waals surface area contributed by atoms with Crippen LogP contribution in [0.25, 0.3) is 0 Å². The van der Waals surface area contributed by atoms with Gasteiger partial charge in [-0.2, -0.15) is 4.31 Å². The van der Waals surface area contributed by atoms with E-state index >= 15 is 0 Å². The SMILES string of the molecule is CC1(C)C[C@@H](NC(=O)[C@H]2CCCN(S(=O)(=O)c3ccc(F)cc3)C2)c2ccccc2O1. The van der Waals surface area contributed by atoms with Crippen molar-refractivity contribution in [1.82, 2.24) is 9.62 Å². The number of hydrogen-bond acceptors (Lipinski definition) is 4. The number of sulfonamides is 1. The van der Waals surface area contributed by atoms with Gasteiger partial charge in [0.2, 0.25) is 15.9 Å². The number of carbonyl (C=O) groups is 1. The Morgan fingerprint density at radius 2 is 1.87 bits per heavy atom. The molecule has 2 aliphatic rings. The van der Waals surface area contributed by atoms with Crippen LogP contribution in [0.3, 0.4) is 0 Å². The van der Waals surface area contributed by atoms with Crippen LogP contribution in [0, 0.1) is 11.7 Å². The van der Waals surface area contributed by atoms with Crippen LogP contribution in [-0.2, 0) is 14.8 Å². The van der Waals surface area contributed by atoms with Gasteiger partial charge in [0.1, 0.15) is 17.2 Å². The number of ether oxygens (including phenoxy) is 1. The van der Waals surface area contributed by atoms with Gasteiger partial charge >= 0.3 is 0 Å². The minimum Gasteiger partial charge on any atom is -0.487 e. The fourth-order valence-corrected chi connectivity index (χ4v) is 5.87. The molecule has 1 N–H and O–H groups in total. The van der Waals surface area contributed by atoms with Crippen molar-refractivity contribution >= 4 is 15.9 Å². The molecule has 1 amide bonds. The number of hydrogen-bond donors (Lipinski definition) is 1. The van der Waals surface area contributed by atoms with Crippen LogP contribution < -0.4 is 10.1 Å². The van der Waals surface area contributed by atoms with Crippen molar-refractivity contribution in [3.63, 3.8) is 0 Å². The molecule has 0 aromatic heterocycles. The van der Waals surface area contributed by atoms with E-state index in [9.17, 15) is 17.6 Å². The second-order valence-electron chi connectivity index (χ2n) is 8.82. The van der Waals surface area contributed by atoms with Crippen molar-refractivity contribution in [1.29, 1.82) is 0 Å². The largest absolute Gasteiger partial charge is 0.487 e. The fourth-order valence-electron chi connectivity index (χ4n) is 4.35. The maximum Gasteiger partial charge on any atom is 0.243 e. The Morgan fingerprint density at radius 3 is 2.61 bits per heavy atom. The van der Waals surface area contributed by atoms with Gasteiger partial charge in [-0.3, -0.25) is 4.79 Å². The first-order chi connectivity index (χ1) is 14.7. The van der Waals surface area contributed by atoms with Crippen LogP contribution in [0.4, 0.5) is 4.39 Å². The lowest BCUT2D eigenvalue weighted by Crippen LogP contribution is -2.48. The molecule has 8 heteroatoms. The number of para-hydroxylation sites is 1. The van der Waals surface area contributed by atoms with Crippen LogP contribution in [0.5, 0.6) is 5.75 Å². The Labute approximate surface area is 182 Å². The highest BCUT2D eigenvalue weighted by Gasteiger charge is 2.37. The van der Waals surface area contributed by atoms with E-state index in [4.69, 9.17) is 4.74 Å². The van der Waals surface area contributed by atoms with Gasteiger partial charge in [0, 0.05) is 25.1 Å². The van der Waals surface area contributed by atoms with E-state index in [0.29, 0.717) is 25.8 Å². The summed E-state index contributed by atoms with van der Waals surface area (Å²) in [5.74, 6) is -0.332. The molecule has 2 atom stereocenters. The third-order valence-corrected chi connectivity index (χ3v) is 7.78. The van der Waals surface area contributed by atoms with E-state index in [2.05, 4.69) is 5.32 Å². The van der Waals surface area contributed by atoms with Gasteiger partial charge in [-0.25, -0.2) is 12.8 Å². The summed E-state index contributed by atoms with van der Waals surface area (Å²) in [6, 6.07) is 12.2. The van der Waals surface area contributed by atoms with Gasteiger partial charge in [-0.15, -0.1) is 0 Å². The highest BCUT2D eigenvalue weighted by atomic mass is 32.2. The number of halogens is 1. The molecular formula is C23H27FN2O4S. The van der Waals surface area contributed by atoms with Crippen molar-refractivity contribution in [3.8, 4) is 5.75 Å². The van der Waals surface area contributed by atoms with Crippen molar-refractivity contribution < 1.29 is 22.3 Å². The van der Waals surface area contributed by atoms with E-state index < -0.39 is 27.4 Å². The monoisotopic (exact) mass is 446 g/mol. The molecule has 0 aliphatic carbocycles. The minimum atomic E-state index is -3.78. The fraction of sp³-hybridized carbons (Fsp3) is 0.435. The standard InChI is InChI=1S/C23H27FN2O4S/c1-23(2)14-20(19-7-3-4-8-21(19)30-23)25-22(27)16-6-5-13-26(15-16)31(28,29)18-11-9-17(24)10-12-18/h3-4,7-12,16,20H,5-6,13-15H2,1-2H3,(H,25,27)/t16-,20+/m0/s1. The number of piperidine rings is 1. The van der Waals surface area contributed by atoms with Crippen molar-refractivity contribution in [2.45, 2.75) is 49.6 Å². The number of amides is 1. The lowest BCUT2D eigenvalue weighted by molar-refractivity contribution is -0.127. The first-order valence-corrected chi connectivity index (χ1v) is 11.9. The number of benzene rings is 2.